The summed E-state index contributed by atoms with van der Waals surface area (Å²) in [5.41, 5.74) is 0.779. The van der Waals surface area contributed by atoms with E-state index in [0.717, 1.165) is 5.56 Å². The van der Waals surface area contributed by atoms with E-state index in [2.05, 4.69) is 4.98 Å². The number of aromatic nitrogens is 1. The minimum Gasteiger partial charge on any atom is -0.242 e. The lowest BCUT2D eigenvalue weighted by Crippen LogP contribution is -2.26. The SMILES string of the molecule is CN(Cc1cccc(Cl)c1)S(=O)(=O)c1cnc(Cl)c(Cl)c1. The number of pyridine rings is 1. The molecule has 0 radical (unpaired) electrons. The van der Waals surface area contributed by atoms with Gasteiger partial charge in [-0.05, 0) is 23.8 Å². The molecule has 8 heteroatoms. The molecule has 1 aromatic carbocycles. The Morgan fingerprint density at radius 1 is 1.19 bits per heavy atom. The molecule has 1 heterocycles. The van der Waals surface area contributed by atoms with Gasteiger partial charge in [0.25, 0.3) is 0 Å². The van der Waals surface area contributed by atoms with E-state index in [1.54, 1.807) is 24.3 Å². The molecule has 0 spiro atoms. The molecule has 0 atom stereocenters. The van der Waals surface area contributed by atoms with Crippen LogP contribution in [0.4, 0.5) is 0 Å². The molecule has 1 aromatic heterocycles. The van der Waals surface area contributed by atoms with Gasteiger partial charge in [-0.2, -0.15) is 4.31 Å². The van der Waals surface area contributed by atoms with Gasteiger partial charge in [-0.1, -0.05) is 46.9 Å². The smallest absolute Gasteiger partial charge is 0.242 e. The lowest BCUT2D eigenvalue weighted by Gasteiger charge is -2.17. The highest BCUT2D eigenvalue weighted by atomic mass is 35.5. The first-order valence-electron chi connectivity index (χ1n) is 5.82. The Morgan fingerprint density at radius 2 is 1.90 bits per heavy atom. The van der Waals surface area contributed by atoms with E-state index >= 15 is 0 Å². The highest BCUT2D eigenvalue weighted by Crippen LogP contribution is 2.24. The summed E-state index contributed by atoms with van der Waals surface area (Å²) in [4.78, 5) is 3.74. The van der Waals surface area contributed by atoms with Gasteiger partial charge in [0, 0.05) is 24.8 Å². The van der Waals surface area contributed by atoms with Crippen LogP contribution < -0.4 is 0 Å². The van der Waals surface area contributed by atoms with Gasteiger partial charge in [0.1, 0.15) is 10.0 Å². The molecule has 0 bridgehead atoms. The summed E-state index contributed by atoms with van der Waals surface area (Å²) in [5.74, 6) is 0. The van der Waals surface area contributed by atoms with Crippen LogP contribution in [0.3, 0.4) is 0 Å². The predicted octanol–water partition coefficient (Wildman–Crippen LogP) is 3.86. The normalized spacial score (nSPS) is 11.9. The second-order valence-corrected chi connectivity index (χ2v) is 7.58. The lowest BCUT2D eigenvalue weighted by atomic mass is 10.2. The number of hydrogen-bond donors (Lipinski definition) is 0. The van der Waals surface area contributed by atoms with Crippen molar-refractivity contribution >= 4 is 44.8 Å². The van der Waals surface area contributed by atoms with E-state index in [1.807, 2.05) is 0 Å². The molecule has 21 heavy (non-hydrogen) atoms. The fourth-order valence-corrected chi connectivity index (χ4v) is 3.38. The maximum absolute atomic E-state index is 12.4. The summed E-state index contributed by atoms with van der Waals surface area (Å²) in [5, 5.41) is 0.705. The molecule has 0 saturated carbocycles. The largest absolute Gasteiger partial charge is 0.244 e. The van der Waals surface area contributed by atoms with E-state index in [-0.39, 0.29) is 21.6 Å². The van der Waals surface area contributed by atoms with Crippen molar-refractivity contribution in [2.24, 2.45) is 0 Å². The molecule has 2 rings (SSSR count). The minimum absolute atomic E-state index is 0.0126. The van der Waals surface area contributed by atoms with Crippen molar-refractivity contribution in [1.82, 2.24) is 9.29 Å². The van der Waals surface area contributed by atoms with Crippen molar-refractivity contribution in [3.05, 3.63) is 57.3 Å². The Hall–Kier alpha value is -0.850. The van der Waals surface area contributed by atoms with Crippen LogP contribution in [0.2, 0.25) is 15.2 Å². The zero-order chi connectivity index (χ0) is 15.6. The van der Waals surface area contributed by atoms with E-state index in [9.17, 15) is 8.42 Å². The average Bonchev–Trinajstić information content (AvgIpc) is 2.41. The molecule has 2 aromatic rings. The van der Waals surface area contributed by atoms with Gasteiger partial charge < -0.3 is 0 Å². The van der Waals surface area contributed by atoms with Gasteiger partial charge in [-0.15, -0.1) is 0 Å². The Kier molecular flexibility index (Phi) is 5.11. The second kappa shape index (κ2) is 6.50. The van der Waals surface area contributed by atoms with E-state index < -0.39 is 10.0 Å². The molecule has 0 unspecified atom stereocenters. The summed E-state index contributed by atoms with van der Waals surface area (Å²) >= 11 is 17.4. The molecular formula is C13H11Cl3N2O2S. The van der Waals surface area contributed by atoms with Crippen molar-refractivity contribution in [2.75, 3.05) is 7.05 Å². The summed E-state index contributed by atoms with van der Waals surface area (Å²) in [6.07, 6.45) is 1.18. The van der Waals surface area contributed by atoms with Crippen LogP contribution in [0.1, 0.15) is 5.56 Å². The van der Waals surface area contributed by atoms with Crippen LogP contribution in [0, 0.1) is 0 Å². The highest BCUT2D eigenvalue weighted by Gasteiger charge is 2.22. The molecule has 0 N–H and O–H groups in total. The third-order valence-electron chi connectivity index (χ3n) is 2.77. The summed E-state index contributed by atoms with van der Waals surface area (Å²) in [7, 11) is -2.23. The molecule has 0 saturated heterocycles. The van der Waals surface area contributed by atoms with Crippen molar-refractivity contribution in [1.29, 1.82) is 0 Å². The third-order valence-corrected chi connectivity index (χ3v) is 5.46. The number of halogens is 3. The first-order chi connectivity index (χ1) is 9.80. The van der Waals surface area contributed by atoms with Crippen LogP contribution in [0.5, 0.6) is 0 Å². The Bertz CT molecular complexity index is 766. The van der Waals surface area contributed by atoms with E-state index in [0.29, 0.717) is 5.02 Å². The van der Waals surface area contributed by atoms with E-state index in [1.165, 1.54) is 23.6 Å². The van der Waals surface area contributed by atoms with Crippen LogP contribution in [-0.4, -0.2) is 24.8 Å². The maximum atomic E-state index is 12.4. The molecular weight excluding hydrogens is 355 g/mol. The van der Waals surface area contributed by atoms with Gasteiger partial charge in [-0.3, -0.25) is 0 Å². The van der Waals surface area contributed by atoms with Gasteiger partial charge in [0.2, 0.25) is 10.0 Å². The van der Waals surface area contributed by atoms with Crippen LogP contribution in [0.25, 0.3) is 0 Å². The molecule has 0 amide bonds. The van der Waals surface area contributed by atoms with Crippen molar-refractivity contribution in [3.63, 3.8) is 0 Å². The first-order valence-corrected chi connectivity index (χ1v) is 8.40. The molecule has 112 valence electrons. The quantitative estimate of drug-likeness (QED) is 0.773. The zero-order valence-electron chi connectivity index (χ0n) is 10.9. The Labute approximate surface area is 138 Å². The molecule has 0 aliphatic heterocycles. The third kappa shape index (κ3) is 3.87. The fraction of sp³-hybridized carbons (Fsp3) is 0.154. The second-order valence-electron chi connectivity index (χ2n) is 4.33. The van der Waals surface area contributed by atoms with Crippen molar-refractivity contribution in [3.8, 4) is 0 Å². The maximum Gasteiger partial charge on any atom is 0.244 e. The zero-order valence-corrected chi connectivity index (χ0v) is 14.0. The average molecular weight is 366 g/mol. The Morgan fingerprint density at radius 3 is 2.52 bits per heavy atom. The number of nitrogens with zero attached hydrogens (tertiary/aromatic N) is 2. The summed E-state index contributed by atoms with van der Waals surface area (Å²) < 4.78 is 26.1. The monoisotopic (exact) mass is 364 g/mol. The van der Waals surface area contributed by atoms with Crippen molar-refractivity contribution < 1.29 is 8.42 Å². The number of hydrogen-bond acceptors (Lipinski definition) is 3. The molecule has 4 nitrogen and oxygen atoms in total. The fourth-order valence-electron chi connectivity index (χ4n) is 1.70. The molecule has 0 aliphatic carbocycles. The van der Waals surface area contributed by atoms with Crippen molar-refractivity contribution in [2.45, 2.75) is 11.4 Å². The van der Waals surface area contributed by atoms with Gasteiger partial charge in [-0.25, -0.2) is 13.4 Å². The number of rotatable bonds is 4. The number of sulfonamides is 1. The summed E-state index contributed by atoms with van der Waals surface area (Å²) in [6.45, 7) is 0.184. The molecule has 0 aliphatic rings. The first kappa shape index (κ1) is 16.5. The lowest BCUT2D eigenvalue weighted by molar-refractivity contribution is 0.466. The van der Waals surface area contributed by atoms with Crippen LogP contribution in [0.15, 0.2) is 41.4 Å². The number of benzene rings is 1. The standard InChI is InChI=1S/C13H11Cl3N2O2S/c1-18(8-9-3-2-4-10(14)5-9)21(19,20)11-6-12(15)13(16)17-7-11/h2-7H,8H2,1H3. The van der Waals surface area contributed by atoms with Gasteiger partial charge in [0.15, 0.2) is 0 Å². The van der Waals surface area contributed by atoms with E-state index in [4.69, 9.17) is 34.8 Å². The predicted molar refractivity (Wildman–Crippen MR) is 84.4 cm³/mol. The topological polar surface area (TPSA) is 50.3 Å². The van der Waals surface area contributed by atoms with Gasteiger partial charge in [0.05, 0.1) is 5.02 Å². The molecule has 0 fully saturated rings. The van der Waals surface area contributed by atoms with Crippen LogP contribution >= 0.6 is 34.8 Å². The van der Waals surface area contributed by atoms with Crippen LogP contribution in [-0.2, 0) is 16.6 Å². The minimum atomic E-state index is -3.70. The Balaban J connectivity index is 2.28. The highest BCUT2D eigenvalue weighted by molar-refractivity contribution is 7.89. The summed E-state index contributed by atoms with van der Waals surface area (Å²) in [6, 6.07) is 8.27. The van der Waals surface area contributed by atoms with Gasteiger partial charge >= 0.3 is 0 Å².